The number of carboxylic acids is 2. The van der Waals surface area contributed by atoms with Crippen molar-refractivity contribution in [1.29, 1.82) is 0 Å². The summed E-state index contributed by atoms with van der Waals surface area (Å²) >= 11 is 0. The van der Waals surface area contributed by atoms with E-state index in [2.05, 4.69) is 38.1 Å². The molecule has 304 valence electrons. The van der Waals surface area contributed by atoms with E-state index in [0.29, 0.717) is 47.9 Å². The predicted octanol–water partition coefficient (Wildman–Crippen LogP) is 8.47. The smallest absolute Gasteiger partial charge is 0.545 e. The van der Waals surface area contributed by atoms with E-state index in [1.807, 2.05) is 50.2 Å². The molecule has 0 radical (unpaired) electrons. The zero-order valence-corrected chi connectivity index (χ0v) is 34.3. The number of phenolic OH excluding ortho intramolecular Hbond substituents is 2. The molecule has 0 aliphatic carbocycles. The number of hydrogen-bond donors (Lipinski definition) is 4. The predicted molar refractivity (Wildman–Crippen MR) is 216 cm³/mol. The van der Waals surface area contributed by atoms with Gasteiger partial charge >= 0.3 is 16.5 Å². The fourth-order valence-electron chi connectivity index (χ4n) is 6.12. The average molecular weight is 812 g/mol. The Kier molecular flexibility index (Phi) is 22.6. The number of hydrogen-bond acceptors (Lipinski definition) is 10. The molecule has 4 rings (SSSR count). The van der Waals surface area contributed by atoms with Gasteiger partial charge < -0.3 is 40.2 Å². The zero-order chi connectivity index (χ0) is 40.9. The molecule has 0 unspecified atom stereocenters. The van der Waals surface area contributed by atoms with Crippen LogP contribution in [0.2, 0.25) is 0 Å². The first kappa shape index (κ1) is 48.9. The minimum atomic E-state index is -1.46. The second-order valence-corrected chi connectivity index (χ2v) is 12.9. The number of aryl methyl sites for hydroxylation is 2. The molecule has 56 heavy (non-hydrogen) atoms. The van der Waals surface area contributed by atoms with Crippen molar-refractivity contribution in [2.45, 2.75) is 112 Å². The van der Waals surface area contributed by atoms with Crippen LogP contribution in [-0.2, 0) is 42.2 Å². The summed E-state index contributed by atoms with van der Waals surface area (Å²) < 4.78 is 0. The second-order valence-electron chi connectivity index (χ2n) is 12.9. The number of carboxylic acid groups (broad SMARTS) is 2. The Morgan fingerprint density at radius 3 is 1.20 bits per heavy atom. The number of aromatic hydroxyl groups is 4. The number of aromatic carboxylic acids is 2. The molecule has 0 saturated carbocycles. The van der Waals surface area contributed by atoms with Crippen molar-refractivity contribution >= 4 is 34.7 Å². The summed E-state index contributed by atoms with van der Waals surface area (Å²) in [5, 5.41) is 59.2. The Morgan fingerprint density at radius 2 is 0.893 bits per heavy atom. The summed E-state index contributed by atoms with van der Waals surface area (Å²) in [5.74, 6) is -4.97. The van der Waals surface area contributed by atoms with Crippen LogP contribution in [0.3, 0.4) is 0 Å². The van der Waals surface area contributed by atoms with Crippen molar-refractivity contribution in [2.75, 3.05) is 0 Å². The molecule has 0 amide bonds. The van der Waals surface area contributed by atoms with Gasteiger partial charge in [0.25, 0.3) is 0 Å². The van der Waals surface area contributed by atoms with Crippen LogP contribution in [0, 0.1) is 0 Å². The SMILES string of the molecule is CCCCCC(=Nc1ccccc1)C(CCCC)=Nc1ccccc1.CCc1cc(O)c(O)c(C(=O)[O-])c1CC.CCc1cc(O)c(O)c(C(=O)[O-])c1CC.[Ni+2]. The molecule has 11 heteroatoms. The number of nitrogens with zero attached hydrogens (tertiary/aromatic N) is 2. The maximum absolute atomic E-state index is 10.8. The molecule has 0 heterocycles. The van der Waals surface area contributed by atoms with Crippen molar-refractivity contribution < 1.29 is 56.7 Å². The summed E-state index contributed by atoms with van der Waals surface area (Å²) in [6.07, 6.45) is 10.1. The topological polar surface area (TPSA) is 186 Å². The van der Waals surface area contributed by atoms with Gasteiger partial charge in [0.05, 0.1) is 34.7 Å². The Bertz CT molecular complexity index is 1820. The van der Waals surface area contributed by atoms with E-state index < -0.39 is 34.9 Å². The third-order valence-electron chi connectivity index (χ3n) is 8.99. The monoisotopic (exact) mass is 810 g/mol. The number of rotatable bonds is 16. The molecule has 0 bridgehead atoms. The first-order valence-corrected chi connectivity index (χ1v) is 19.2. The van der Waals surface area contributed by atoms with Gasteiger partial charge in [0.15, 0.2) is 23.0 Å². The molecule has 0 spiro atoms. The number of phenols is 4. The largest absolute Gasteiger partial charge is 2.00 e. The van der Waals surface area contributed by atoms with Gasteiger partial charge in [0.2, 0.25) is 0 Å². The number of aliphatic imine (C=N–C) groups is 2. The van der Waals surface area contributed by atoms with Gasteiger partial charge in [-0.25, -0.2) is 0 Å². The summed E-state index contributed by atoms with van der Waals surface area (Å²) in [6.45, 7) is 11.7. The maximum atomic E-state index is 10.8. The van der Waals surface area contributed by atoms with Crippen LogP contribution in [-0.4, -0.2) is 43.8 Å². The second kappa shape index (κ2) is 25.8. The Hall–Kier alpha value is -5.15. The Balaban J connectivity index is 0.000000440. The molecule has 4 N–H and O–H groups in total. The third kappa shape index (κ3) is 14.5. The number of para-hydroxylation sites is 2. The van der Waals surface area contributed by atoms with E-state index in [4.69, 9.17) is 9.98 Å². The van der Waals surface area contributed by atoms with Crippen molar-refractivity contribution in [3.63, 3.8) is 0 Å². The van der Waals surface area contributed by atoms with Gasteiger partial charge in [-0.3, -0.25) is 9.98 Å². The summed E-state index contributed by atoms with van der Waals surface area (Å²) in [5.41, 5.74) is 6.21. The molecule has 4 aromatic carbocycles. The van der Waals surface area contributed by atoms with Crippen molar-refractivity contribution in [1.82, 2.24) is 0 Å². The summed E-state index contributed by atoms with van der Waals surface area (Å²) in [4.78, 5) is 31.6. The molecule has 4 aromatic rings. The minimum Gasteiger partial charge on any atom is -0.545 e. The number of carbonyl (C=O) groups excluding carboxylic acids is 2. The van der Waals surface area contributed by atoms with Crippen LogP contribution in [0.15, 0.2) is 82.8 Å². The van der Waals surface area contributed by atoms with Crippen LogP contribution < -0.4 is 10.2 Å². The van der Waals surface area contributed by atoms with Crippen molar-refractivity contribution in [2.24, 2.45) is 9.98 Å². The van der Waals surface area contributed by atoms with Crippen LogP contribution in [0.1, 0.15) is 129 Å². The molecular formula is C45H56N2NiO8. The molecular weight excluding hydrogens is 755 g/mol. The van der Waals surface area contributed by atoms with Gasteiger partial charge in [-0.2, -0.15) is 0 Å². The van der Waals surface area contributed by atoms with Crippen LogP contribution in [0.25, 0.3) is 0 Å². The van der Waals surface area contributed by atoms with E-state index in [0.717, 1.165) is 42.1 Å². The molecule has 0 aliphatic heterocycles. The van der Waals surface area contributed by atoms with E-state index in [9.17, 15) is 40.2 Å². The number of unbranched alkanes of at least 4 members (excludes halogenated alkanes) is 3. The normalized spacial score (nSPS) is 11.0. The summed E-state index contributed by atoms with van der Waals surface area (Å²) in [6, 6.07) is 23.3. The number of benzene rings is 4. The van der Waals surface area contributed by atoms with Gasteiger partial charge in [-0.1, -0.05) is 97.2 Å². The fourth-order valence-corrected chi connectivity index (χ4v) is 6.12. The van der Waals surface area contributed by atoms with Gasteiger partial charge in [-0.05, 0) is 110 Å². The standard InChI is InChI=1S/C23H30N2.2C11H14O4.Ni/c1-3-5-9-19-23(25-21-16-12-8-13-17-21)22(18-6-4-2)24-20-14-10-7-11-15-20;2*1-3-6-5-8(12)10(13)9(11(14)15)7(6)4-2;/h7-8,10-17H,3-6,9,18-19H2,1-2H3;2*5,12-13H,3-4H2,1-2H3,(H,14,15);/q;;;+2/p-2. The molecule has 0 aromatic heterocycles. The first-order valence-electron chi connectivity index (χ1n) is 19.2. The van der Waals surface area contributed by atoms with E-state index in [1.165, 1.54) is 37.8 Å². The van der Waals surface area contributed by atoms with Crippen LogP contribution in [0.5, 0.6) is 23.0 Å². The zero-order valence-electron chi connectivity index (χ0n) is 33.3. The fraction of sp³-hybridized carbons (Fsp3) is 0.378. The Labute approximate surface area is 341 Å². The van der Waals surface area contributed by atoms with Crippen molar-refractivity contribution in [3.8, 4) is 23.0 Å². The van der Waals surface area contributed by atoms with E-state index in [-0.39, 0.29) is 27.6 Å². The average Bonchev–Trinajstić information content (AvgIpc) is 3.18. The molecule has 0 fully saturated rings. The summed E-state index contributed by atoms with van der Waals surface area (Å²) in [7, 11) is 0. The van der Waals surface area contributed by atoms with Gasteiger partial charge in [0, 0.05) is 11.1 Å². The van der Waals surface area contributed by atoms with Crippen molar-refractivity contribution in [3.05, 3.63) is 106 Å². The van der Waals surface area contributed by atoms with Gasteiger partial charge in [-0.15, -0.1) is 0 Å². The van der Waals surface area contributed by atoms with Crippen LogP contribution >= 0.6 is 0 Å². The third-order valence-corrected chi connectivity index (χ3v) is 8.99. The first-order chi connectivity index (χ1) is 26.4. The minimum absolute atomic E-state index is 0. The Morgan fingerprint density at radius 1 is 0.536 bits per heavy atom. The molecule has 0 atom stereocenters. The quantitative estimate of drug-likeness (QED) is 0.0376. The van der Waals surface area contributed by atoms with Gasteiger partial charge in [0.1, 0.15) is 0 Å². The molecule has 10 nitrogen and oxygen atoms in total. The molecule has 0 saturated heterocycles. The molecule has 0 aliphatic rings. The van der Waals surface area contributed by atoms with E-state index in [1.54, 1.807) is 13.8 Å². The van der Waals surface area contributed by atoms with Crippen LogP contribution in [0.4, 0.5) is 11.4 Å². The maximum Gasteiger partial charge on any atom is 2.00 e. The van der Waals surface area contributed by atoms with E-state index >= 15 is 0 Å². The number of carbonyl (C=O) groups is 2.